The van der Waals surface area contributed by atoms with E-state index >= 15 is 0 Å². The van der Waals surface area contributed by atoms with Gasteiger partial charge in [0.05, 0.1) is 25.5 Å². The van der Waals surface area contributed by atoms with Crippen molar-refractivity contribution < 1.29 is 13.2 Å². The van der Waals surface area contributed by atoms with Crippen molar-refractivity contribution in [3.05, 3.63) is 39.7 Å². The molecule has 10 heteroatoms. The molecule has 0 saturated carbocycles. The molecule has 1 amide bonds. The van der Waals surface area contributed by atoms with Crippen molar-refractivity contribution in [1.82, 2.24) is 9.29 Å². The molecule has 1 atom stereocenters. The first-order valence-electron chi connectivity index (χ1n) is 8.76. The Bertz CT molecular complexity index is 1140. The summed E-state index contributed by atoms with van der Waals surface area (Å²) in [5.41, 5.74) is 1.61. The molecule has 1 aliphatic heterocycles. The van der Waals surface area contributed by atoms with Crippen LogP contribution in [0.4, 0.5) is 5.69 Å². The zero-order valence-corrected chi connectivity index (χ0v) is 18.2. The Kier molecular flexibility index (Phi) is 5.45. The fraction of sp³-hybridized carbons (Fsp3) is 0.333. The van der Waals surface area contributed by atoms with Crippen LogP contribution in [0.15, 0.2) is 34.5 Å². The standard InChI is InChI=1S/C18H18ClN3O3S3/c1-11-20-14-5-4-13(9-15(14)26-11)21-18(23)12-3-2-8-22(10-12)28(24,25)17-7-6-16(19)27-17/h4-7,9,12H,2-3,8,10H2,1H3,(H,21,23). The highest BCUT2D eigenvalue weighted by molar-refractivity contribution is 7.91. The smallest absolute Gasteiger partial charge is 0.252 e. The van der Waals surface area contributed by atoms with Gasteiger partial charge in [0.25, 0.3) is 10.0 Å². The number of thiazole rings is 1. The summed E-state index contributed by atoms with van der Waals surface area (Å²) in [5.74, 6) is -0.553. The third-order valence-electron chi connectivity index (χ3n) is 4.66. The number of carbonyl (C=O) groups is 1. The number of hydrogen-bond donors (Lipinski definition) is 1. The molecule has 0 bridgehead atoms. The lowest BCUT2D eigenvalue weighted by Crippen LogP contribution is -2.43. The minimum atomic E-state index is -3.63. The van der Waals surface area contributed by atoms with Gasteiger partial charge >= 0.3 is 0 Å². The number of fused-ring (bicyclic) bond motifs is 1. The molecule has 6 nitrogen and oxygen atoms in total. The topological polar surface area (TPSA) is 79.4 Å². The van der Waals surface area contributed by atoms with Crippen LogP contribution in [0.1, 0.15) is 17.8 Å². The van der Waals surface area contributed by atoms with Gasteiger partial charge in [-0.05, 0) is 50.1 Å². The van der Waals surface area contributed by atoms with Gasteiger partial charge in [0.1, 0.15) is 4.21 Å². The zero-order valence-electron chi connectivity index (χ0n) is 15.0. The summed E-state index contributed by atoms with van der Waals surface area (Å²) in [6, 6.07) is 8.70. The molecule has 1 saturated heterocycles. The lowest BCUT2D eigenvalue weighted by Gasteiger charge is -2.30. The van der Waals surface area contributed by atoms with E-state index in [-0.39, 0.29) is 16.7 Å². The molecule has 0 aliphatic carbocycles. The van der Waals surface area contributed by atoms with Crippen LogP contribution in [0.2, 0.25) is 4.34 Å². The molecule has 3 heterocycles. The molecule has 1 fully saturated rings. The number of nitrogens with zero attached hydrogens (tertiary/aromatic N) is 2. The van der Waals surface area contributed by atoms with Crippen LogP contribution in [0.3, 0.4) is 0 Å². The highest BCUT2D eigenvalue weighted by atomic mass is 35.5. The lowest BCUT2D eigenvalue weighted by molar-refractivity contribution is -0.120. The van der Waals surface area contributed by atoms with E-state index in [0.717, 1.165) is 26.6 Å². The third-order valence-corrected chi connectivity index (χ3v) is 9.16. The summed E-state index contributed by atoms with van der Waals surface area (Å²) in [7, 11) is -3.63. The third kappa shape index (κ3) is 3.95. The van der Waals surface area contributed by atoms with Gasteiger partial charge in [-0.3, -0.25) is 4.79 Å². The number of carbonyl (C=O) groups excluding carboxylic acids is 1. The highest BCUT2D eigenvalue weighted by Gasteiger charge is 2.34. The summed E-state index contributed by atoms with van der Waals surface area (Å²) < 4.78 is 28.7. The Morgan fingerprint density at radius 3 is 2.86 bits per heavy atom. The minimum absolute atomic E-state index is 0.162. The van der Waals surface area contributed by atoms with E-state index < -0.39 is 15.9 Å². The van der Waals surface area contributed by atoms with Crippen molar-refractivity contribution in [3.63, 3.8) is 0 Å². The van der Waals surface area contributed by atoms with Crippen LogP contribution >= 0.6 is 34.3 Å². The molecule has 0 radical (unpaired) electrons. The van der Waals surface area contributed by atoms with E-state index in [1.165, 1.54) is 10.4 Å². The predicted octanol–water partition coefficient (Wildman–Crippen LogP) is 4.36. The molecule has 1 aromatic carbocycles. The normalized spacial score (nSPS) is 18.4. The van der Waals surface area contributed by atoms with Crippen molar-refractivity contribution in [2.75, 3.05) is 18.4 Å². The number of halogens is 1. The Morgan fingerprint density at radius 2 is 2.11 bits per heavy atom. The van der Waals surface area contributed by atoms with Gasteiger partial charge in [0, 0.05) is 18.8 Å². The summed E-state index contributed by atoms with van der Waals surface area (Å²) >= 11 is 8.49. The molecule has 4 rings (SSSR count). The average Bonchev–Trinajstić information content (AvgIpc) is 3.26. The molecule has 0 spiro atoms. The van der Waals surface area contributed by atoms with E-state index in [1.807, 2.05) is 25.1 Å². The second-order valence-electron chi connectivity index (χ2n) is 6.67. The monoisotopic (exact) mass is 455 g/mol. The minimum Gasteiger partial charge on any atom is -0.326 e. The van der Waals surface area contributed by atoms with Crippen molar-refractivity contribution >= 4 is 66.1 Å². The van der Waals surface area contributed by atoms with Gasteiger partial charge in [-0.25, -0.2) is 13.4 Å². The van der Waals surface area contributed by atoms with Gasteiger partial charge in [-0.2, -0.15) is 4.31 Å². The number of sulfonamides is 1. The first-order valence-corrected chi connectivity index (χ1v) is 12.2. The maximum absolute atomic E-state index is 12.8. The van der Waals surface area contributed by atoms with Crippen molar-refractivity contribution in [2.24, 2.45) is 5.92 Å². The molecule has 148 valence electrons. The largest absolute Gasteiger partial charge is 0.326 e. The maximum Gasteiger partial charge on any atom is 0.252 e. The van der Waals surface area contributed by atoms with E-state index in [2.05, 4.69) is 10.3 Å². The van der Waals surface area contributed by atoms with Gasteiger partial charge in [0.15, 0.2) is 0 Å². The average molecular weight is 456 g/mol. The van der Waals surface area contributed by atoms with Crippen LogP contribution in [-0.4, -0.2) is 36.7 Å². The van der Waals surface area contributed by atoms with Crippen LogP contribution in [0.25, 0.3) is 10.2 Å². The van der Waals surface area contributed by atoms with Gasteiger partial charge in [-0.1, -0.05) is 11.6 Å². The highest BCUT2D eigenvalue weighted by Crippen LogP contribution is 2.31. The van der Waals surface area contributed by atoms with Gasteiger partial charge < -0.3 is 5.32 Å². The number of amides is 1. The van der Waals surface area contributed by atoms with Gasteiger partial charge in [-0.15, -0.1) is 22.7 Å². The summed E-state index contributed by atoms with van der Waals surface area (Å²) in [6.45, 7) is 2.53. The SMILES string of the molecule is Cc1nc2ccc(NC(=O)C3CCCN(S(=O)(=O)c4ccc(Cl)s4)C3)cc2s1. The molecule has 1 aliphatic rings. The van der Waals surface area contributed by atoms with Gasteiger partial charge in [0.2, 0.25) is 5.91 Å². The lowest BCUT2D eigenvalue weighted by atomic mass is 9.99. The van der Waals surface area contributed by atoms with Crippen molar-refractivity contribution in [3.8, 4) is 0 Å². The van der Waals surface area contributed by atoms with E-state index in [4.69, 9.17) is 11.6 Å². The van der Waals surface area contributed by atoms with Crippen LogP contribution in [-0.2, 0) is 14.8 Å². The Hall–Kier alpha value is -1.52. The fourth-order valence-corrected chi connectivity index (χ4v) is 7.33. The van der Waals surface area contributed by atoms with Crippen LogP contribution in [0, 0.1) is 12.8 Å². The van der Waals surface area contributed by atoms with Crippen LogP contribution in [0.5, 0.6) is 0 Å². The Morgan fingerprint density at radius 1 is 1.29 bits per heavy atom. The van der Waals surface area contributed by atoms with Crippen LogP contribution < -0.4 is 5.32 Å². The number of aryl methyl sites for hydroxylation is 1. The molecule has 3 aromatic rings. The molecule has 1 unspecified atom stereocenters. The Balaban J connectivity index is 1.48. The second kappa shape index (κ2) is 7.72. The number of piperidine rings is 1. The first kappa shape index (κ1) is 19.8. The van der Waals surface area contributed by atoms with Crippen molar-refractivity contribution in [1.29, 1.82) is 0 Å². The van der Waals surface area contributed by atoms with E-state index in [9.17, 15) is 13.2 Å². The number of anilines is 1. The number of rotatable bonds is 4. The number of nitrogens with one attached hydrogen (secondary N) is 1. The number of hydrogen-bond acceptors (Lipinski definition) is 6. The van der Waals surface area contributed by atoms with Crippen molar-refractivity contribution in [2.45, 2.75) is 24.0 Å². The summed E-state index contributed by atoms with van der Waals surface area (Å²) in [6.07, 6.45) is 1.30. The maximum atomic E-state index is 12.8. The summed E-state index contributed by atoms with van der Waals surface area (Å²) in [5, 5.41) is 3.90. The first-order chi connectivity index (χ1) is 13.3. The molecule has 1 N–H and O–H groups in total. The predicted molar refractivity (Wildman–Crippen MR) is 114 cm³/mol. The summed E-state index contributed by atoms with van der Waals surface area (Å²) in [4.78, 5) is 17.2. The molecular weight excluding hydrogens is 438 g/mol. The second-order valence-corrected chi connectivity index (χ2v) is 11.8. The molecule has 2 aromatic heterocycles. The molecule has 28 heavy (non-hydrogen) atoms. The zero-order chi connectivity index (χ0) is 19.9. The Labute approximate surface area is 176 Å². The number of benzene rings is 1. The van der Waals surface area contributed by atoms with E-state index in [1.54, 1.807) is 17.4 Å². The quantitative estimate of drug-likeness (QED) is 0.633. The fourth-order valence-electron chi connectivity index (χ4n) is 3.30. The number of thiophene rings is 1. The number of aromatic nitrogens is 1. The molecular formula is C18H18ClN3O3S3. The van der Waals surface area contributed by atoms with E-state index in [0.29, 0.717) is 29.4 Å².